The van der Waals surface area contributed by atoms with Gasteiger partial charge in [0.25, 0.3) is 5.69 Å². The van der Waals surface area contributed by atoms with Crippen LogP contribution in [0.15, 0.2) is 59.5 Å². The molecule has 2 aromatic carbocycles. The number of carbonyl (C=O) groups is 1. The fourth-order valence-corrected chi connectivity index (χ4v) is 6.36. The van der Waals surface area contributed by atoms with Gasteiger partial charge in [-0.25, -0.2) is 17.4 Å². The maximum atomic E-state index is 13.6. The van der Waals surface area contributed by atoms with Gasteiger partial charge >= 0.3 is 16.5 Å². The van der Waals surface area contributed by atoms with Gasteiger partial charge in [-0.2, -0.15) is 12.7 Å². The molecule has 16 heteroatoms. The van der Waals surface area contributed by atoms with E-state index >= 15 is 0 Å². The van der Waals surface area contributed by atoms with Crippen molar-refractivity contribution in [3.05, 3.63) is 70.3 Å². The number of nitrogens with one attached hydrogen (secondary N) is 1. The Hall–Kier alpha value is -3.15. The molecule has 1 heterocycles. The van der Waals surface area contributed by atoms with Crippen molar-refractivity contribution >= 4 is 32.2 Å². The number of rotatable bonds is 14. The SMILES string of the molecule is CC(C)CN(CC(OS(=O)(=O)O)C(Cc1ccccc1)NC(=O)OC1CCOC1)S(=O)(=O)c1ccc([N+](=O)[O-])cc1. The Morgan fingerprint density at radius 2 is 1.78 bits per heavy atom. The first-order chi connectivity index (χ1) is 19.2. The zero-order valence-corrected chi connectivity index (χ0v) is 24.1. The Morgan fingerprint density at radius 1 is 1.12 bits per heavy atom. The molecular weight excluding hydrogens is 582 g/mol. The highest BCUT2D eigenvalue weighted by molar-refractivity contribution is 7.89. The monoisotopic (exact) mass is 615 g/mol. The number of ether oxygens (including phenoxy) is 2. The molecular formula is C25H33N3O11S2. The Morgan fingerprint density at radius 3 is 2.32 bits per heavy atom. The van der Waals surface area contributed by atoms with Crippen LogP contribution in [-0.2, 0) is 40.5 Å². The van der Waals surface area contributed by atoms with Crippen LogP contribution in [0.25, 0.3) is 0 Å². The second-order valence-corrected chi connectivity index (χ2v) is 12.8. The third-order valence-corrected chi connectivity index (χ3v) is 8.43. The molecule has 0 spiro atoms. The summed E-state index contributed by atoms with van der Waals surface area (Å²) in [6.45, 7) is 3.35. The van der Waals surface area contributed by atoms with Crippen molar-refractivity contribution in [1.29, 1.82) is 0 Å². The molecule has 0 saturated carbocycles. The largest absolute Gasteiger partial charge is 0.444 e. The van der Waals surface area contributed by atoms with Crippen LogP contribution in [0, 0.1) is 16.0 Å². The van der Waals surface area contributed by atoms with E-state index in [1.54, 1.807) is 44.2 Å². The highest BCUT2D eigenvalue weighted by Crippen LogP contribution is 2.23. The first kappa shape index (κ1) is 32.4. The molecule has 0 bridgehead atoms. The molecule has 0 aromatic heterocycles. The average Bonchev–Trinajstić information content (AvgIpc) is 3.40. The Labute approximate surface area is 238 Å². The summed E-state index contributed by atoms with van der Waals surface area (Å²) >= 11 is 0. The highest BCUT2D eigenvalue weighted by Gasteiger charge is 2.36. The molecule has 3 rings (SSSR count). The van der Waals surface area contributed by atoms with Gasteiger partial charge in [0, 0.05) is 31.6 Å². The number of nitro benzene ring substituents is 1. The molecule has 3 atom stereocenters. The predicted octanol–water partition coefficient (Wildman–Crippen LogP) is 2.56. The van der Waals surface area contributed by atoms with Gasteiger partial charge in [-0.05, 0) is 30.0 Å². The van der Waals surface area contributed by atoms with Crippen LogP contribution in [0.5, 0.6) is 0 Å². The Bertz CT molecular complexity index is 1380. The Balaban J connectivity index is 1.98. The summed E-state index contributed by atoms with van der Waals surface area (Å²) in [6, 6.07) is 11.7. The summed E-state index contributed by atoms with van der Waals surface area (Å²) in [6.07, 6.45) is -2.57. The second-order valence-electron chi connectivity index (χ2n) is 9.86. The third-order valence-electron chi connectivity index (χ3n) is 6.09. The van der Waals surface area contributed by atoms with Crippen molar-refractivity contribution in [3.8, 4) is 0 Å². The number of amides is 1. The normalized spacial score (nSPS) is 17.3. The number of alkyl carbamates (subject to hydrolysis) is 1. The molecule has 2 N–H and O–H groups in total. The van der Waals surface area contributed by atoms with Crippen LogP contribution in [0.4, 0.5) is 10.5 Å². The van der Waals surface area contributed by atoms with E-state index in [9.17, 15) is 36.3 Å². The maximum Gasteiger partial charge on any atom is 0.407 e. The van der Waals surface area contributed by atoms with Gasteiger partial charge < -0.3 is 14.8 Å². The van der Waals surface area contributed by atoms with Gasteiger partial charge in [-0.3, -0.25) is 14.7 Å². The number of hydrogen-bond donors (Lipinski definition) is 2. The smallest absolute Gasteiger partial charge is 0.407 e. The van der Waals surface area contributed by atoms with Crippen LogP contribution >= 0.6 is 0 Å². The maximum absolute atomic E-state index is 13.6. The van der Waals surface area contributed by atoms with E-state index in [1.165, 1.54) is 0 Å². The van der Waals surface area contributed by atoms with E-state index < -0.39 is 56.2 Å². The summed E-state index contributed by atoms with van der Waals surface area (Å²) < 4.78 is 77.3. The van der Waals surface area contributed by atoms with Gasteiger partial charge in [0.1, 0.15) is 12.2 Å². The third kappa shape index (κ3) is 10.0. The van der Waals surface area contributed by atoms with E-state index in [2.05, 4.69) is 5.32 Å². The van der Waals surface area contributed by atoms with Crippen molar-refractivity contribution < 1.29 is 44.8 Å². The quantitative estimate of drug-likeness (QED) is 0.180. The molecule has 0 aliphatic carbocycles. The molecule has 1 aliphatic rings. The molecule has 41 heavy (non-hydrogen) atoms. The predicted molar refractivity (Wildman–Crippen MR) is 146 cm³/mol. The Kier molecular flexibility index (Phi) is 11.2. The molecule has 1 saturated heterocycles. The van der Waals surface area contributed by atoms with Crippen molar-refractivity contribution in [1.82, 2.24) is 9.62 Å². The number of non-ortho nitro benzene ring substituents is 1. The van der Waals surface area contributed by atoms with Crippen molar-refractivity contribution in [2.75, 3.05) is 26.3 Å². The van der Waals surface area contributed by atoms with Crippen molar-refractivity contribution in [2.24, 2.45) is 5.92 Å². The zero-order valence-electron chi connectivity index (χ0n) is 22.5. The molecule has 3 unspecified atom stereocenters. The summed E-state index contributed by atoms with van der Waals surface area (Å²) in [5, 5.41) is 13.6. The number of hydrogen-bond acceptors (Lipinski definition) is 10. The minimum absolute atomic E-state index is 0.00953. The van der Waals surface area contributed by atoms with Crippen LogP contribution in [0.2, 0.25) is 0 Å². The lowest BCUT2D eigenvalue weighted by Gasteiger charge is -2.32. The van der Waals surface area contributed by atoms with E-state index in [0.717, 1.165) is 28.6 Å². The minimum Gasteiger partial charge on any atom is -0.444 e. The number of nitro groups is 1. The fourth-order valence-electron chi connectivity index (χ4n) is 4.23. The first-order valence-electron chi connectivity index (χ1n) is 12.7. The van der Waals surface area contributed by atoms with Gasteiger partial charge in [0.15, 0.2) is 0 Å². The minimum atomic E-state index is -5.13. The van der Waals surface area contributed by atoms with E-state index in [0.29, 0.717) is 18.6 Å². The van der Waals surface area contributed by atoms with Crippen molar-refractivity contribution in [2.45, 2.75) is 49.8 Å². The number of benzene rings is 2. The molecule has 0 radical (unpaired) electrons. The second kappa shape index (κ2) is 14.2. The highest BCUT2D eigenvalue weighted by atomic mass is 32.3. The summed E-state index contributed by atoms with van der Waals surface area (Å²) in [5.41, 5.74) is 0.338. The first-order valence-corrected chi connectivity index (χ1v) is 15.5. The molecule has 226 valence electrons. The van der Waals surface area contributed by atoms with Gasteiger partial charge in [0.05, 0.1) is 29.1 Å². The fraction of sp³-hybridized carbons (Fsp3) is 0.480. The summed E-state index contributed by atoms with van der Waals surface area (Å²) in [5.74, 6) is -0.248. The standard InChI is InChI=1S/C25H33N3O11S2/c1-18(2)15-27(40(32,33)22-10-8-20(9-11-22)28(30)31)16-24(39-41(34,35)36)23(14-19-6-4-3-5-7-19)26-25(29)38-21-12-13-37-17-21/h3-11,18,21,23-24H,12-17H2,1-2H3,(H,26,29)(H,34,35,36). The zero-order chi connectivity index (χ0) is 30.2. The van der Waals surface area contributed by atoms with E-state index in [-0.39, 0.29) is 36.1 Å². The summed E-state index contributed by atoms with van der Waals surface area (Å²) in [7, 11) is -9.48. The molecule has 1 fully saturated rings. The number of nitrogens with zero attached hydrogens (tertiary/aromatic N) is 2. The van der Waals surface area contributed by atoms with Gasteiger partial charge in [-0.15, -0.1) is 0 Å². The summed E-state index contributed by atoms with van der Waals surface area (Å²) in [4.78, 5) is 22.9. The molecule has 1 aliphatic heterocycles. The van der Waals surface area contributed by atoms with Gasteiger partial charge in [-0.1, -0.05) is 44.2 Å². The number of sulfonamides is 1. The molecule has 2 aromatic rings. The van der Waals surface area contributed by atoms with E-state index in [1.807, 2.05) is 0 Å². The molecule has 14 nitrogen and oxygen atoms in total. The number of carbonyl (C=O) groups excluding carboxylic acids is 1. The van der Waals surface area contributed by atoms with Crippen LogP contribution in [0.3, 0.4) is 0 Å². The average molecular weight is 616 g/mol. The lowest BCUT2D eigenvalue weighted by molar-refractivity contribution is -0.384. The topological polar surface area (TPSA) is 192 Å². The van der Waals surface area contributed by atoms with Gasteiger partial charge in [0.2, 0.25) is 10.0 Å². The van der Waals surface area contributed by atoms with Crippen LogP contribution in [0.1, 0.15) is 25.8 Å². The van der Waals surface area contributed by atoms with Crippen LogP contribution in [-0.4, -0.2) is 81.3 Å². The lowest BCUT2D eigenvalue weighted by atomic mass is 10.0. The van der Waals surface area contributed by atoms with Crippen LogP contribution < -0.4 is 5.32 Å². The molecule has 1 amide bonds. The van der Waals surface area contributed by atoms with E-state index in [4.69, 9.17) is 13.7 Å². The lowest BCUT2D eigenvalue weighted by Crippen LogP contribution is -2.53. The van der Waals surface area contributed by atoms with Crippen molar-refractivity contribution in [3.63, 3.8) is 0 Å².